The average molecular weight is 463 g/mol. The topological polar surface area (TPSA) is 104 Å². The predicted molar refractivity (Wildman–Crippen MR) is 115 cm³/mol. The fraction of sp³-hybridized carbons (Fsp3) is 0.190. The molecule has 166 valence electrons. The molecule has 32 heavy (non-hydrogen) atoms. The Bertz CT molecular complexity index is 1170. The van der Waals surface area contributed by atoms with Gasteiger partial charge in [0, 0.05) is 23.3 Å². The van der Waals surface area contributed by atoms with E-state index in [-0.39, 0.29) is 27.5 Å². The number of nitrogens with one attached hydrogen (secondary N) is 3. The Morgan fingerprint density at radius 3 is 2.44 bits per heavy atom. The quantitative estimate of drug-likeness (QED) is 0.442. The Labute approximate surface area is 186 Å². The molecule has 1 amide bonds. The molecule has 0 aliphatic carbocycles. The van der Waals surface area contributed by atoms with Crippen molar-refractivity contribution in [2.24, 2.45) is 0 Å². The Morgan fingerprint density at radius 2 is 1.84 bits per heavy atom. The molecule has 1 aromatic carbocycles. The van der Waals surface area contributed by atoms with Crippen molar-refractivity contribution in [3.05, 3.63) is 76.0 Å². The van der Waals surface area contributed by atoms with Crippen molar-refractivity contribution in [1.82, 2.24) is 15.0 Å². The van der Waals surface area contributed by atoms with E-state index in [2.05, 4.69) is 25.6 Å². The molecule has 0 aliphatic rings. The lowest BCUT2D eigenvalue weighted by atomic mass is 10.1. The van der Waals surface area contributed by atoms with Gasteiger partial charge in [-0.2, -0.15) is 13.2 Å². The molecule has 3 rings (SSSR count). The molecule has 0 aliphatic heterocycles. The van der Waals surface area contributed by atoms with E-state index in [4.69, 9.17) is 17.0 Å². The summed E-state index contributed by atoms with van der Waals surface area (Å²) in [7, 11) is 0. The summed E-state index contributed by atoms with van der Waals surface area (Å²) in [6, 6.07) is 5.81. The van der Waals surface area contributed by atoms with Gasteiger partial charge in [-0.3, -0.25) is 4.79 Å². The standard InChI is InChI=1S/C21H18ClF3N6O/c1-11-7-15(30-10-29-11)8-27-19-17(12(2)26)18(22)16(9-28-19)20(32)31-14-5-3-13(4-6-14)21(23,24)25/h3-7,9-10,26H,8H2,1-2H3,(H,27,28)(H,31,32). The van der Waals surface area contributed by atoms with Gasteiger partial charge < -0.3 is 16.0 Å². The maximum absolute atomic E-state index is 12.7. The molecule has 0 saturated heterocycles. The lowest BCUT2D eigenvalue weighted by Gasteiger charge is -2.15. The van der Waals surface area contributed by atoms with Crippen LogP contribution in [-0.2, 0) is 12.7 Å². The number of hydrogen-bond acceptors (Lipinski definition) is 6. The number of alkyl halides is 3. The van der Waals surface area contributed by atoms with Crippen molar-refractivity contribution in [2.45, 2.75) is 26.6 Å². The second-order valence-electron chi connectivity index (χ2n) is 6.87. The number of halogens is 4. The summed E-state index contributed by atoms with van der Waals surface area (Å²) in [6.07, 6.45) is -1.80. The molecule has 0 spiro atoms. The van der Waals surface area contributed by atoms with Gasteiger partial charge in [0.1, 0.15) is 12.1 Å². The minimum Gasteiger partial charge on any atom is -0.364 e. The van der Waals surface area contributed by atoms with Gasteiger partial charge in [0.05, 0.1) is 34.0 Å². The average Bonchev–Trinajstić information content (AvgIpc) is 2.71. The van der Waals surface area contributed by atoms with E-state index in [1.807, 2.05) is 6.92 Å². The molecule has 0 radical (unpaired) electrons. The van der Waals surface area contributed by atoms with Crippen molar-refractivity contribution in [1.29, 1.82) is 5.41 Å². The summed E-state index contributed by atoms with van der Waals surface area (Å²) in [6.45, 7) is 3.63. The Hall–Kier alpha value is -3.53. The third-order valence-electron chi connectivity index (χ3n) is 4.40. The van der Waals surface area contributed by atoms with Crippen LogP contribution in [0.1, 0.15) is 39.8 Å². The highest BCUT2D eigenvalue weighted by molar-refractivity contribution is 6.38. The molecule has 0 saturated carbocycles. The molecule has 7 nitrogen and oxygen atoms in total. The number of benzene rings is 1. The summed E-state index contributed by atoms with van der Waals surface area (Å²) < 4.78 is 38.1. The van der Waals surface area contributed by atoms with Gasteiger partial charge in [0.2, 0.25) is 0 Å². The van der Waals surface area contributed by atoms with Crippen LogP contribution in [-0.4, -0.2) is 26.6 Å². The van der Waals surface area contributed by atoms with Crippen LogP contribution in [0.25, 0.3) is 0 Å². The zero-order valence-corrected chi connectivity index (χ0v) is 17.8. The van der Waals surface area contributed by atoms with Gasteiger partial charge in [0.15, 0.2) is 0 Å². The maximum Gasteiger partial charge on any atom is 0.416 e. The summed E-state index contributed by atoms with van der Waals surface area (Å²) in [5.41, 5.74) is 1.12. The largest absolute Gasteiger partial charge is 0.416 e. The molecule has 0 unspecified atom stereocenters. The van der Waals surface area contributed by atoms with Gasteiger partial charge in [-0.25, -0.2) is 15.0 Å². The van der Waals surface area contributed by atoms with Crippen LogP contribution in [0.5, 0.6) is 0 Å². The maximum atomic E-state index is 12.7. The summed E-state index contributed by atoms with van der Waals surface area (Å²) >= 11 is 6.41. The number of hydrogen-bond donors (Lipinski definition) is 3. The van der Waals surface area contributed by atoms with Crippen LogP contribution < -0.4 is 10.6 Å². The third-order valence-corrected chi connectivity index (χ3v) is 4.80. The van der Waals surface area contributed by atoms with Crippen molar-refractivity contribution < 1.29 is 18.0 Å². The number of pyridine rings is 1. The number of amides is 1. The zero-order chi connectivity index (χ0) is 23.5. The Kier molecular flexibility index (Phi) is 6.73. The number of carbonyl (C=O) groups is 1. The van der Waals surface area contributed by atoms with Crippen LogP contribution in [0.15, 0.2) is 42.9 Å². The van der Waals surface area contributed by atoms with E-state index in [0.717, 1.165) is 30.0 Å². The van der Waals surface area contributed by atoms with Crippen molar-refractivity contribution in [3.8, 4) is 0 Å². The summed E-state index contributed by atoms with van der Waals surface area (Å²) in [5.74, 6) is -0.368. The fourth-order valence-electron chi connectivity index (χ4n) is 2.85. The molecule has 3 aromatic rings. The first-order chi connectivity index (χ1) is 15.1. The first kappa shape index (κ1) is 23.1. The third kappa shape index (κ3) is 5.38. The van der Waals surface area contributed by atoms with Crippen LogP contribution in [0.2, 0.25) is 5.02 Å². The molecule has 0 fully saturated rings. The number of nitrogens with zero attached hydrogens (tertiary/aromatic N) is 3. The van der Waals surface area contributed by atoms with Crippen LogP contribution in [0, 0.1) is 12.3 Å². The van der Waals surface area contributed by atoms with E-state index >= 15 is 0 Å². The van der Waals surface area contributed by atoms with E-state index < -0.39 is 17.6 Å². The minimum atomic E-state index is -4.47. The molecule has 11 heteroatoms. The smallest absolute Gasteiger partial charge is 0.364 e. The van der Waals surface area contributed by atoms with Crippen LogP contribution >= 0.6 is 11.6 Å². The number of anilines is 2. The normalized spacial score (nSPS) is 11.2. The van der Waals surface area contributed by atoms with E-state index in [1.54, 1.807) is 6.07 Å². The minimum absolute atomic E-state index is 0.00159. The monoisotopic (exact) mass is 462 g/mol. The highest BCUT2D eigenvalue weighted by Crippen LogP contribution is 2.31. The first-order valence-corrected chi connectivity index (χ1v) is 9.68. The van der Waals surface area contributed by atoms with Crippen molar-refractivity contribution >= 4 is 34.7 Å². The Balaban J connectivity index is 1.82. The van der Waals surface area contributed by atoms with Crippen LogP contribution in [0.3, 0.4) is 0 Å². The van der Waals surface area contributed by atoms with Crippen molar-refractivity contribution in [3.63, 3.8) is 0 Å². The van der Waals surface area contributed by atoms with E-state index in [1.165, 1.54) is 19.4 Å². The van der Waals surface area contributed by atoms with Gasteiger partial charge in [-0.15, -0.1) is 0 Å². The second-order valence-corrected chi connectivity index (χ2v) is 7.25. The fourth-order valence-corrected chi connectivity index (χ4v) is 3.21. The number of aryl methyl sites for hydroxylation is 1. The number of aromatic nitrogens is 3. The van der Waals surface area contributed by atoms with Crippen molar-refractivity contribution in [2.75, 3.05) is 10.6 Å². The van der Waals surface area contributed by atoms with E-state index in [0.29, 0.717) is 18.1 Å². The second kappa shape index (κ2) is 9.31. The summed E-state index contributed by atoms with van der Waals surface area (Å²) in [4.78, 5) is 25.0. The molecular weight excluding hydrogens is 445 g/mol. The van der Waals surface area contributed by atoms with Crippen LogP contribution in [0.4, 0.5) is 24.7 Å². The highest BCUT2D eigenvalue weighted by Gasteiger charge is 2.30. The molecular formula is C21H18ClF3N6O. The molecule has 0 atom stereocenters. The molecule has 2 heterocycles. The van der Waals surface area contributed by atoms with Gasteiger partial charge in [-0.05, 0) is 44.2 Å². The van der Waals surface area contributed by atoms with Gasteiger partial charge >= 0.3 is 6.18 Å². The molecule has 0 bridgehead atoms. The lowest BCUT2D eigenvalue weighted by Crippen LogP contribution is -2.16. The van der Waals surface area contributed by atoms with Gasteiger partial charge in [0.25, 0.3) is 5.91 Å². The number of rotatable bonds is 6. The zero-order valence-electron chi connectivity index (χ0n) is 17.0. The molecule has 2 aromatic heterocycles. The Morgan fingerprint density at radius 1 is 1.16 bits per heavy atom. The first-order valence-electron chi connectivity index (χ1n) is 9.30. The predicted octanol–water partition coefficient (Wildman–Crippen LogP) is 5.10. The van der Waals surface area contributed by atoms with Gasteiger partial charge in [-0.1, -0.05) is 11.6 Å². The SMILES string of the molecule is CC(=N)c1c(NCc2cc(C)ncn2)ncc(C(=O)Nc2ccc(C(F)(F)F)cc2)c1Cl. The van der Waals surface area contributed by atoms with E-state index in [9.17, 15) is 18.0 Å². The molecule has 3 N–H and O–H groups in total. The lowest BCUT2D eigenvalue weighted by molar-refractivity contribution is -0.137. The highest BCUT2D eigenvalue weighted by atomic mass is 35.5. The number of carbonyl (C=O) groups excluding carboxylic acids is 1. The summed E-state index contributed by atoms with van der Waals surface area (Å²) in [5, 5.41) is 13.6.